The lowest BCUT2D eigenvalue weighted by Crippen LogP contribution is -2.42. The summed E-state index contributed by atoms with van der Waals surface area (Å²) in [6, 6.07) is 7.56. The highest BCUT2D eigenvalue weighted by atomic mass is 16.5. The van der Waals surface area contributed by atoms with Gasteiger partial charge >= 0.3 is 0 Å². The maximum atomic E-state index is 13.5. The molecule has 0 radical (unpaired) electrons. The van der Waals surface area contributed by atoms with E-state index in [0.717, 1.165) is 62.9 Å². The third-order valence-corrected chi connectivity index (χ3v) is 6.33. The Bertz CT molecular complexity index is 755. The number of amides is 2. The van der Waals surface area contributed by atoms with E-state index in [0.29, 0.717) is 11.3 Å². The number of methoxy groups -OCH3 is 1. The van der Waals surface area contributed by atoms with Crippen molar-refractivity contribution in [3.8, 4) is 5.75 Å². The Kier molecular flexibility index (Phi) is 5.69. The number of carbonyl (C=O) groups excluding carboxylic acids is 2. The molecule has 0 spiro atoms. The Morgan fingerprint density at radius 2 is 1.43 bits per heavy atom. The van der Waals surface area contributed by atoms with Crippen molar-refractivity contribution >= 4 is 17.4 Å². The van der Waals surface area contributed by atoms with Gasteiger partial charge in [-0.25, -0.2) is 0 Å². The van der Waals surface area contributed by atoms with Gasteiger partial charge in [-0.2, -0.15) is 0 Å². The highest BCUT2D eigenvalue weighted by Gasteiger charge is 2.44. The molecule has 4 rings (SSSR count). The van der Waals surface area contributed by atoms with E-state index in [1.807, 2.05) is 24.3 Å². The SMILES string of the molecule is COc1ccc(C2=C(N3CCCC3)C(=O)N(C3CCCCCCC3)C2=O)cc1. The van der Waals surface area contributed by atoms with Crippen LogP contribution in [0.4, 0.5) is 0 Å². The second-order valence-corrected chi connectivity index (χ2v) is 8.13. The van der Waals surface area contributed by atoms with Gasteiger partial charge in [-0.15, -0.1) is 0 Å². The smallest absolute Gasteiger partial charge is 0.278 e. The van der Waals surface area contributed by atoms with E-state index in [-0.39, 0.29) is 17.9 Å². The van der Waals surface area contributed by atoms with Crippen LogP contribution in [-0.2, 0) is 9.59 Å². The lowest BCUT2D eigenvalue weighted by atomic mass is 9.95. The minimum atomic E-state index is -0.109. The van der Waals surface area contributed by atoms with Crippen LogP contribution in [-0.4, -0.2) is 47.9 Å². The quantitative estimate of drug-likeness (QED) is 0.739. The number of hydrogen-bond acceptors (Lipinski definition) is 4. The first-order valence-electron chi connectivity index (χ1n) is 10.7. The highest BCUT2D eigenvalue weighted by Crippen LogP contribution is 2.37. The first-order chi connectivity index (χ1) is 13.7. The van der Waals surface area contributed by atoms with Crippen LogP contribution in [0.25, 0.3) is 5.57 Å². The molecule has 1 aliphatic carbocycles. The number of imide groups is 1. The summed E-state index contributed by atoms with van der Waals surface area (Å²) < 4.78 is 5.26. The summed E-state index contributed by atoms with van der Waals surface area (Å²) >= 11 is 0. The normalized spacial score (nSPS) is 22.0. The third kappa shape index (κ3) is 3.54. The zero-order valence-electron chi connectivity index (χ0n) is 16.8. The van der Waals surface area contributed by atoms with E-state index >= 15 is 0 Å². The Labute approximate surface area is 167 Å². The molecular formula is C23H30N2O3. The van der Waals surface area contributed by atoms with Crippen LogP contribution in [0.5, 0.6) is 5.75 Å². The molecule has 2 aliphatic heterocycles. The molecular weight excluding hydrogens is 352 g/mol. The minimum absolute atomic E-state index is 0.0358. The number of hydrogen-bond donors (Lipinski definition) is 0. The van der Waals surface area contributed by atoms with Gasteiger partial charge in [0.25, 0.3) is 11.8 Å². The molecule has 2 heterocycles. The van der Waals surface area contributed by atoms with Crippen LogP contribution in [0.1, 0.15) is 63.4 Å². The van der Waals surface area contributed by atoms with Gasteiger partial charge in [0.2, 0.25) is 0 Å². The molecule has 5 heteroatoms. The van der Waals surface area contributed by atoms with Crippen LogP contribution in [0, 0.1) is 0 Å². The summed E-state index contributed by atoms with van der Waals surface area (Å²) in [4.78, 5) is 30.7. The Balaban J connectivity index is 1.70. The van der Waals surface area contributed by atoms with E-state index in [1.54, 1.807) is 12.0 Å². The fourth-order valence-electron chi connectivity index (χ4n) is 4.81. The molecule has 1 saturated carbocycles. The number of carbonyl (C=O) groups is 2. The topological polar surface area (TPSA) is 49.9 Å². The molecule has 1 saturated heterocycles. The molecule has 2 amide bonds. The predicted octanol–water partition coefficient (Wildman–Crippen LogP) is 3.98. The van der Waals surface area contributed by atoms with Gasteiger partial charge in [-0.1, -0.05) is 44.2 Å². The molecule has 0 bridgehead atoms. The van der Waals surface area contributed by atoms with Gasteiger partial charge in [-0.3, -0.25) is 14.5 Å². The number of ether oxygens (including phenoxy) is 1. The van der Waals surface area contributed by atoms with Crippen LogP contribution in [0.15, 0.2) is 30.0 Å². The molecule has 5 nitrogen and oxygen atoms in total. The fourth-order valence-corrected chi connectivity index (χ4v) is 4.81. The number of rotatable bonds is 4. The molecule has 0 N–H and O–H groups in total. The lowest BCUT2D eigenvalue weighted by Gasteiger charge is -2.29. The Morgan fingerprint density at radius 1 is 0.821 bits per heavy atom. The first-order valence-corrected chi connectivity index (χ1v) is 10.7. The van der Waals surface area contributed by atoms with Crippen molar-refractivity contribution in [3.63, 3.8) is 0 Å². The van der Waals surface area contributed by atoms with E-state index in [2.05, 4.69) is 4.90 Å². The van der Waals surface area contributed by atoms with Crippen molar-refractivity contribution in [1.29, 1.82) is 0 Å². The molecule has 0 aromatic heterocycles. The van der Waals surface area contributed by atoms with Crippen molar-refractivity contribution in [2.45, 2.75) is 63.8 Å². The van der Waals surface area contributed by atoms with Gasteiger partial charge in [0.1, 0.15) is 11.4 Å². The highest BCUT2D eigenvalue weighted by molar-refractivity contribution is 6.35. The Morgan fingerprint density at radius 3 is 2.04 bits per heavy atom. The van der Waals surface area contributed by atoms with Crippen molar-refractivity contribution in [3.05, 3.63) is 35.5 Å². The second kappa shape index (κ2) is 8.38. The zero-order chi connectivity index (χ0) is 19.5. The molecule has 0 atom stereocenters. The molecule has 0 unspecified atom stereocenters. The maximum Gasteiger partial charge on any atom is 0.278 e. The summed E-state index contributed by atoms with van der Waals surface area (Å²) in [5, 5.41) is 0. The van der Waals surface area contributed by atoms with Crippen LogP contribution in [0.3, 0.4) is 0 Å². The van der Waals surface area contributed by atoms with E-state index < -0.39 is 0 Å². The lowest BCUT2D eigenvalue weighted by molar-refractivity contribution is -0.140. The Hall–Kier alpha value is -2.30. The standard InChI is InChI=1S/C23H30N2O3/c1-28-19-13-11-17(12-14-19)20-21(24-15-7-8-16-24)23(27)25(22(20)26)18-9-5-3-2-4-6-10-18/h11-14,18H,2-10,15-16H2,1H3. The van der Waals surface area contributed by atoms with Gasteiger partial charge in [-0.05, 0) is 43.4 Å². The van der Waals surface area contributed by atoms with Crippen molar-refractivity contribution in [2.24, 2.45) is 0 Å². The third-order valence-electron chi connectivity index (χ3n) is 6.33. The van der Waals surface area contributed by atoms with Gasteiger partial charge < -0.3 is 9.64 Å². The van der Waals surface area contributed by atoms with Gasteiger partial charge in [0.15, 0.2) is 0 Å². The largest absolute Gasteiger partial charge is 0.497 e. The first kappa shape index (κ1) is 19.0. The molecule has 2 fully saturated rings. The van der Waals surface area contributed by atoms with Crippen molar-refractivity contribution in [1.82, 2.24) is 9.80 Å². The van der Waals surface area contributed by atoms with Crippen molar-refractivity contribution < 1.29 is 14.3 Å². The average molecular weight is 383 g/mol. The van der Waals surface area contributed by atoms with Crippen LogP contribution < -0.4 is 4.74 Å². The summed E-state index contributed by atoms with van der Waals surface area (Å²) in [7, 11) is 1.63. The molecule has 28 heavy (non-hydrogen) atoms. The molecule has 1 aromatic carbocycles. The van der Waals surface area contributed by atoms with Crippen LogP contribution in [0.2, 0.25) is 0 Å². The van der Waals surface area contributed by atoms with E-state index in [1.165, 1.54) is 19.3 Å². The predicted molar refractivity (Wildman–Crippen MR) is 109 cm³/mol. The summed E-state index contributed by atoms with van der Waals surface area (Å²) in [5.74, 6) is 0.562. The van der Waals surface area contributed by atoms with Gasteiger partial charge in [0.05, 0.1) is 12.7 Å². The van der Waals surface area contributed by atoms with Crippen molar-refractivity contribution in [2.75, 3.05) is 20.2 Å². The summed E-state index contributed by atoms with van der Waals surface area (Å²) in [6.45, 7) is 1.71. The summed E-state index contributed by atoms with van der Waals surface area (Å²) in [5.41, 5.74) is 2.01. The number of likely N-dealkylation sites (tertiary alicyclic amines) is 1. The zero-order valence-corrected chi connectivity index (χ0v) is 16.8. The van der Waals surface area contributed by atoms with E-state index in [9.17, 15) is 9.59 Å². The second-order valence-electron chi connectivity index (χ2n) is 8.13. The van der Waals surface area contributed by atoms with Gasteiger partial charge in [0, 0.05) is 19.1 Å². The molecule has 150 valence electrons. The summed E-state index contributed by atoms with van der Waals surface area (Å²) in [6.07, 6.45) is 9.87. The monoisotopic (exact) mass is 382 g/mol. The minimum Gasteiger partial charge on any atom is -0.497 e. The maximum absolute atomic E-state index is 13.5. The molecule has 1 aromatic rings. The fraction of sp³-hybridized carbons (Fsp3) is 0.565. The van der Waals surface area contributed by atoms with Crippen LogP contribution >= 0.6 is 0 Å². The molecule has 3 aliphatic rings. The van der Waals surface area contributed by atoms with E-state index in [4.69, 9.17) is 4.74 Å². The number of nitrogens with zero attached hydrogens (tertiary/aromatic N) is 2. The number of benzene rings is 1. The average Bonchev–Trinajstić information content (AvgIpc) is 3.29.